The van der Waals surface area contributed by atoms with Crippen molar-refractivity contribution in [3.05, 3.63) is 71.5 Å². The molecule has 0 spiro atoms. The summed E-state index contributed by atoms with van der Waals surface area (Å²) in [6, 6.07) is 16.6. The smallest absolute Gasteiger partial charge is 0.306 e. The molecule has 5 heteroatoms. The minimum Gasteiger partial charge on any atom is -0.493 e. The second-order valence-corrected chi connectivity index (χ2v) is 8.39. The Hall–Kier alpha value is -3.08. The zero-order valence-electron chi connectivity index (χ0n) is 19.6. The third kappa shape index (κ3) is 6.46. The van der Waals surface area contributed by atoms with Crippen LogP contribution in [0.1, 0.15) is 49.9 Å². The van der Waals surface area contributed by atoms with Crippen LogP contribution in [-0.2, 0) is 16.1 Å². The maximum atomic E-state index is 11.6. The molecule has 0 fully saturated rings. The number of imidazole rings is 1. The van der Waals surface area contributed by atoms with Gasteiger partial charge in [-0.3, -0.25) is 4.79 Å². The van der Waals surface area contributed by atoms with Crippen LogP contribution in [0.3, 0.4) is 0 Å². The number of ether oxygens (including phenoxy) is 2. The molecule has 0 saturated heterocycles. The van der Waals surface area contributed by atoms with Crippen LogP contribution in [0.25, 0.3) is 11.4 Å². The van der Waals surface area contributed by atoms with Crippen LogP contribution in [0.5, 0.6) is 5.75 Å². The number of carbonyl (C=O) groups is 1. The number of aryl methyl sites for hydroxylation is 2. The van der Waals surface area contributed by atoms with Gasteiger partial charge in [0.05, 0.1) is 19.8 Å². The molecule has 0 radical (unpaired) electrons. The molecule has 0 N–H and O–H groups in total. The van der Waals surface area contributed by atoms with E-state index >= 15 is 0 Å². The standard InChI is InChI=1S/C27H34N2O3/c1-5-31-26(30)17-21(3)9-8-16-32-25-11-7-6-10-24(25)19-29-22(4)18-28-27(29)23-14-12-20(2)13-15-23/h6-7,10-15,18,21H,5,8-9,16-17,19H2,1-4H3/t21-/m1/s1. The van der Waals surface area contributed by atoms with E-state index < -0.39 is 0 Å². The number of nitrogens with zero attached hydrogens (tertiary/aromatic N) is 2. The third-order valence-electron chi connectivity index (χ3n) is 5.59. The Morgan fingerprint density at radius 2 is 1.84 bits per heavy atom. The van der Waals surface area contributed by atoms with Gasteiger partial charge in [0.15, 0.2) is 0 Å². The van der Waals surface area contributed by atoms with Crippen LogP contribution in [0.2, 0.25) is 0 Å². The number of benzene rings is 2. The van der Waals surface area contributed by atoms with Crippen LogP contribution in [0.15, 0.2) is 54.7 Å². The molecule has 1 heterocycles. The van der Waals surface area contributed by atoms with E-state index in [1.54, 1.807) is 0 Å². The van der Waals surface area contributed by atoms with Crippen molar-refractivity contribution < 1.29 is 14.3 Å². The summed E-state index contributed by atoms with van der Waals surface area (Å²) in [4.78, 5) is 16.3. The fourth-order valence-electron chi connectivity index (χ4n) is 3.76. The molecule has 1 atom stereocenters. The molecule has 1 aromatic heterocycles. The van der Waals surface area contributed by atoms with Crippen molar-refractivity contribution in [1.82, 2.24) is 9.55 Å². The highest BCUT2D eigenvalue weighted by Crippen LogP contribution is 2.25. The Labute approximate surface area is 191 Å². The maximum Gasteiger partial charge on any atom is 0.306 e. The second-order valence-electron chi connectivity index (χ2n) is 8.39. The first-order valence-corrected chi connectivity index (χ1v) is 11.4. The predicted octanol–water partition coefficient (Wildman–Crippen LogP) is 5.96. The molecule has 170 valence electrons. The van der Waals surface area contributed by atoms with Crippen molar-refractivity contribution in [3.8, 4) is 17.1 Å². The summed E-state index contributed by atoms with van der Waals surface area (Å²) in [6.45, 7) is 9.85. The van der Waals surface area contributed by atoms with Gasteiger partial charge < -0.3 is 14.0 Å². The Balaban J connectivity index is 1.62. The number of rotatable bonds is 11. The molecule has 0 aliphatic carbocycles. The zero-order chi connectivity index (χ0) is 22.9. The van der Waals surface area contributed by atoms with Crippen LogP contribution in [-0.4, -0.2) is 28.7 Å². The summed E-state index contributed by atoms with van der Waals surface area (Å²) in [5.41, 5.74) is 4.58. The van der Waals surface area contributed by atoms with Crippen molar-refractivity contribution in [2.75, 3.05) is 13.2 Å². The number of aromatic nitrogens is 2. The minimum absolute atomic E-state index is 0.119. The topological polar surface area (TPSA) is 53.4 Å². The largest absolute Gasteiger partial charge is 0.493 e. The van der Waals surface area contributed by atoms with E-state index in [0.29, 0.717) is 32.1 Å². The molecule has 5 nitrogen and oxygen atoms in total. The third-order valence-corrected chi connectivity index (χ3v) is 5.59. The fraction of sp³-hybridized carbons (Fsp3) is 0.407. The predicted molar refractivity (Wildman–Crippen MR) is 128 cm³/mol. The molecule has 32 heavy (non-hydrogen) atoms. The lowest BCUT2D eigenvalue weighted by Crippen LogP contribution is -2.11. The summed E-state index contributed by atoms with van der Waals surface area (Å²) < 4.78 is 13.4. The van der Waals surface area contributed by atoms with Gasteiger partial charge in [-0.25, -0.2) is 4.98 Å². The van der Waals surface area contributed by atoms with Crippen LogP contribution in [0, 0.1) is 19.8 Å². The molecule has 0 bridgehead atoms. The molecule has 0 amide bonds. The van der Waals surface area contributed by atoms with Gasteiger partial charge in [-0.15, -0.1) is 0 Å². The summed E-state index contributed by atoms with van der Waals surface area (Å²) in [7, 11) is 0. The average Bonchev–Trinajstić information content (AvgIpc) is 3.13. The quantitative estimate of drug-likeness (QED) is 0.276. The summed E-state index contributed by atoms with van der Waals surface area (Å²) in [6.07, 6.45) is 4.21. The monoisotopic (exact) mass is 434 g/mol. The van der Waals surface area contributed by atoms with Crippen molar-refractivity contribution >= 4 is 5.97 Å². The van der Waals surface area contributed by atoms with Crippen LogP contribution >= 0.6 is 0 Å². The lowest BCUT2D eigenvalue weighted by molar-refractivity contribution is -0.144. The van der Waals surface area contributed by atoms with Crippen molar-refractivity contribution in [2.45, 2.75) is 53.5 Å². The van der Waals surface area contributed by atoms with E-state index in [9.17, 15) is 4.79 Å². The van der Waals surface area contributed by atoms with Gasteiger partial charge in [0.25, 0.3) is 0 Å². The van der Waals surface area contributed by atoms with E-state index in [4.69, 9.17) is 9.47 Å². The Morgan fingerprint density at radius 3 is 2.59 bits per heavy atom. The average molecular weight is 435 g/mol. The molecule has 0 aliphatic heterocycles. The van der Waals surface area contributed by atoms with Gasteiger partial charge in [-0.1, -0.05) is 55.0 Å². The molecule has 0 saturated carbocycles. The normalized spacial score (nSPS) is 11.9. The van der Waals surface area contributed by atoms with E-state index in [0.717, 1.165) is 41.2 Å². The lowest BCUT2D eigenvalue weighted by atomic mass is 10.0. The molecule has 3 rings (SSSR count). The van der Waals surface area contributed by atoms with E-state index in [-0.39, 0.29) is 5.97 Å². The highest BCUT2D eigenvalue weighted by Gasteiger charge is 2.13. The number of hydrogen-bond donors (Lipinski definition) is 0. The number of carbonyl (C=O) groups excluding carboxylic acids is 1. The van der Waals surface area contributed by atoms with Gasteiger partial charge in [0.1, 0.15) is 11.6 Å². The van der Waals surface area contributed by atoms with Crippen molar-refractivity contribution in [3.63, 3.8) is 0 Å². The minimum atomic E-state index is -0.119. The number of para-hydroxylation sites is 1. The summed E-state index contributed by atoms with van der Waals surface area (Å²) >= 11 is 0. The van der Waals surface area contributed by atoms with Gasteiger partial charge in [0.2, 0.25) is 0 Å². The molecule has 2 aromatic carbocycles. The Bertz CT molecular complexity index is 1010. The highest BCUT2D eigenvalue weighted by atomic mass is 16.5. The summed E-state index contributed by atoms with van der Waals surface area (Å²) in [5, 5.41) is 0. The molecule has 0 aliphatic rings. The van der Waals surface area contributed by atoms with Crippen LogP contribution in [0.4, 0.5) is 0 Å². The zero-order valence-corrected chi connectivity index (χ0v) is 19.6. The molecular weight excluding hydrogens is 400 g/mol. The SMILES string of the molecule is CCOC(=O)C[C@H](C)CCCOc1ccccc1Cn1c(C)cnc1-c1ccc(C)cc1. The maximum absolute atomic E-state index is 11.6. The second kappa shape index (κ2) is 11.5. The van der Waals surface area contributed by atoms with Gasteiger partial charge in [-0.05, 0) is 45.6 Å². The first-order valence-electron chi connectivity index (χ1n) is 11.4. The first-order chi connectivity index (χ1) is 15.5. The van der Waals surface area contributed by atoms with Gasteiger partial charge >= 0.3 is 5.97 Å². The van der Waals surface area contributed by atoms with Crippen LogP contribution < -0.4 is 4.74 Å². The molecule has 0 unspecified atom stereocenters. The summed E-state index contributed by atoms with van der Waals surface area (Å²) in [5.74, 6) is 2.03. The lowest BCUT2D eigenvalue weighted by Gasteiger charge is -2.16. The molecular formula is C27H34N2O3. The van der Waals surface area contributed by atoms with E-state index in [2.05, 4.69) is 60.7 Å². The van der Waals surface area contributed by atoms with E-state index in [1.807, 2.05) is 31.3 Å². The fourth-order valence-corrected chi connectivity index (χ4v) is 3.76. The van der Waals surface area contributed by atoms with Gasteiger partial charge in [0, 0.05) is 29.4 Å². The number of hydrogen-bond acceptors (Lipinski definition) is 4. The Morgan fingerprint density at radius 1 is 1.09 bits per heavy atom. The van der Waals surface area contributed by atoms with Crippen molar-refractivity contribution in [2.24, 2.45) is 5.92 Å². The Kier molecular flexibility index (Phi) is 8.48. The highest BCUT2D eigenvalue weighted by molar-refractivity contribution is 5.69. The first kappa shape index (κ1) is 23.6. The van der Waals surface area contributed by atoms with E-state index in [1.165, 1.54) is 5.56 Å². The van der Waals surface area contributed by atoms with Gasteiger partial charge in [-0.2, -0.15) is 0 Å². The molecule has 3 aromatic rings. The number of esters is 1. The van der Waals surface area contributed by atoms with Crippen molar-refractivity contribution in [1.29, 1.82) is 0 Å².